The van der Waals surface area contributed by atoms with Crippen LogP contribution in [0.25, 0.3) is 0 Å². The summed E-state index contributed by atoms with van der Waals surface area (Å²) in [6, 6.07) is 4.04. The minimum absolute atomic E-state index is 0.00577. The van der Waals surface area contributed by atoms with Crippen molar-refractivity contribution in [3.63, 3.8) is 0 Å². The molecule has 2 aliphatic rings. The lowest BCUT2D eigenvalue weighted by Gasteiger charge is -2.33. The van der Waals surface area contributed by atoms with Gasteiger partial charge in [-0.3, -0.25) is 19.1 Å². The lowest BCUT2D eigenvalue weighted by molar-refractivity contribution is -0.125. The van der Waals surface area contributed by atoms with Crippen LogP contribution in [0.5, 0.6) is 0 Å². The Bertz CT molecular complexity index is 1110. The van der Waals surface area contributed by atoms with Gasteiger partial charge in [-0.1, -0.05) is 17.7 Å². The highest BCUT2D eigenvalue weighted by molar-refractivity contribution is 6.15. The average molecular weight is 472 g/mol. The number of piperidine rings is 1. The molecule has 2 unspecified atom stereocenters. The van der Waals surface area contributed by atoms with Crippen LogP contribution in [0.4, 0.5) is 8.78 Å². The number of alkyl halides is 2. The number of ketones is 2. The fourth-order valence-electron chi connectivity index (χ4n) is 5.78. The number of halogens is 2. The van der Waals surface area contributed by atoms with Gasteiger partial charge in [0.2, 0.25) is 0 Å². The second-order valence-corrected chi connectivity index (χ2v) is 9.89. The molecule has 1 aliphatic carbocycles. The molecule has 0 bridgehead atoms. The molecule has 8 heteroatoms. The number of likely N-dealkylation sites (tertiary alicyclic amines) is 1. The number of carbonyl (C=O) groups is 3. The monoisotopic (exact) mass is 471 g/mol. The molecule has 1 amide bonds. The largest absolute Gasteiger partial charge is 0.339 e. The van der Waals surface area contributed by atoms with E-state index in [9.17, 15) is 23.2 Å². The smallest absolute Gasteiger partial charge is 0.282 e. The summed E-state index contributed by atoms with van der Waals surface area (Å²) in [5.74, 6) is -1.18. The Morgan fingerprint density at radius 1 is 1.12 bits per heavy atom. The number of amides is 1. The normalized spacial score (nSPS) is 21.7. The Labute approximate surface area is 198 Å². The van der Waals surface area contributed by atoms with E-state index < -0.39 is 23.9 Å². The quantitative estimate of drug-likeness (QED) is 0.604. The van der Waals surface area contributed by atoms with Gasteiger partial charge < -0.3 is 4.90 Å². The molecule has 2 aromatic rings. The number of rotatable bonds is 5. The minimum Gasteiger partial charge on any atom is -0.339 e. The molecule has 1 aliphatic heterocycles. The molecule has 2 atom stereocenters. The molecule has 34 heavy (non-hydrogen) atoms. The molecule has 0 radical (unpaired) electrons. The van der Waals surface area contributed by atoms with Crippen molar-refractivity contribution in [2.75, 3.05) is 13.1 Å². The maximum absolute atomic E-state index is 13.3. The van der Waals surface area contributed by atoms with Crippen molar-refractivity contribution < 1.29 is 23.2 Å². The van der Waals surface area contributed by atoms with Crippen LogP contribution in [0.15, 0.2) is 18.3 Å². The Kier molecular flexibility index (Phi) is 6.69. The van der Waals surface area contributed by atoms with Gasteiger partial charge in [0.05, 0.1) is 5.56 Å². The van der Waals surface area contributed by atoms with E-state index in [4.69, 9.17) is 0 Å². The van der Waals surface area contributed by atoms with E-state index in [1.54, 1.807) is 4.90 Å². The SMILES string of the molecule is Cc1cc(C)c(C2C(=O)CC(CC3CCN(C(=O)c4cn(C)nc4C(F)F)CC3)C2=O)c(C)c1. The second kappa shape index (κ2) is 9.39. The average Bonchev–Trinajstić information content (AvgIpc) is 3.28. The number of nitrogens with zero attached hydrogens (tertiary/aromatic N) is 3. The highest BCUT2D eigenvalue weighted by atomic mass is 19.3. The van der Waals surface area contributed by atoms with Gasteiger partial charge in [0, 0.05) is 38.7 Å². The zero-order valence-electron chi connectivity index (χ0n) is 20.1. The highest BCUT2D eigenvalue weighted by Crippen LogP contribution is 2.40. The van der Waals surface area contributed by atoms with Gasteiger partial charge in [0.15, 0.2) is 5.78 Å². The molecule has 6 nitrogen and oxygen atoms in total. The first-order chi connectivity index (χ1) is 16.1. The number of carbonyl (C=O) groups excluding carboxylic acids is 3. The Morgan fingerprint density at radius 2 is 1.74 bits per heavy atom. The van der Waals surface area contributed by atoms with E-state index in [1.807, 2.05) is 32.9 Å². The lowest BCUT2D eigenvalue weighted by Crippen LogP contribution is -2.39. The summed E-state index contributed by atoms with van der Waals surface area (Å²) in [6.07, 6.45) is 0.791. The van der Waals surface area contributed by atoms with Gasteiger partial charge in [0.1, 0.15) is 17.4 Å². The van der Waals surface area contributed by atoms with E-state index in [2.05, 4.69) is 5.10 Å². The van der Waals surface area contributed by atoms with Crippen LogP contribution in [0.1, 0.15) is 76.3 Å². The number of aryl methyl sites for hydroxylation is 4. The van der Waals surface area contributed by atoms with Crippen molar-refractivity contribution >= 4 is 17.5 Å². The Balaban J connectivity index is 1.39. The fourth-order valence-corrected chi connectivity index (χ4v) is 5.78. The molecule has 0 N–H and O–H groups in total. The lowest BCUT2D eigenvalue weighted by atomic mass is 9.83. The van der Waals surface area contributed by atoms with E-state index in [0.29, 0.717) is 32.4 Å². The van der Waals surface area contributed by atoms with Gasteiger partial charge in [0.25, 0.3) is 12.3 Å². The standard InChI is InChI=1S/C26H31F2N3O3/c1-14-9-15(2)21(16(3)10-14)22-20(32)12-18(24(22)33)11-17-5-7-31(8-6-17)26(34)19-13-30(4)29-23(19)25(27)28/h9-10,13,17-18,22,25H,5-8,11-12H2,1-4H3. The van der Waals surface area contributed by atoms with Gasteiger partial charge in [-0.2, -0.15) is 5.10 Å². The van der Waals surface area contributed by atoms with Crippen molar-refractivity contribution in [2.45, 2.75) is 58.8 Å². The first-order valence-electron chi connectivity index (χ1n) is 11.8. The molecule has 2 fully saturated rings. The third kappa shape index (κ3) is 4.55. The molecule has 182 valence electrons. The summed E-state index contributed by atoms with van der Waals surface area (Å²) < 4.78 is 27.7. The van der Waals surface area contributed by atoms with Crippen molar-refractivity contribution in [3.05, 3.63) is 51.8 Å². The zero-order valence-corrected chi connectivity index (χ0v) is 20.1. The van der Waals surface area contributed by atoms with E-state index in [1.165, 1.54) is 17.9 Å². The fraction of sp³-hybridized carbons (Fsp3) is 0.538. The van der Waals surface area contributed by atoms with Gasteiger partial charge in [-0.25, -0.2) is 8.78 Å². The van der Waals surface area contributed by atoms with Crippen molar-refractivity contribution in [2.24, 2.45) is 18.9 Å². The predicted octanol–water partition coefficient (Wildman–Crippen LogP) is 4.47. The zero-order chi connectivity index (χ0) is 24.7. The van der Waals surface area contributed by atoms with Gasteiger partial charge in [-0.15, -0.1) is 0 Å². The summed E-state index contributed by atoms with van der Waals surface area (Å²) >= 11 is 0. The molecular weight excluding hydrogens is 440 g/mol. The predicted molar refractivity (Wildman–Crippen MR) is 123 cm³/mol. The summed E-state index contributed by atoms with van der Waals surface area (Å²) in [5, 5.41) is 3.72. The van der Waals surface area contributed by atoms with Crippen LogP contribution in [0, 0.1) is 32.6 Å². The maximum Gasteiger partial charge on any atom is 0.282 e. The maximum atomic E-state index is 13.3. The molecule has 1 aromatic heterocycles. The summed E-state index contributed by atoms with van der Waals surface area (Å²) in [6.45, 7) is 6.80. The molecule has 1 saturated carbocycles. The number of benzene rings is 1. The Morgan fingerprint density at radius 3 is 2.32 bits per heavy atom. The molecule has 1 saturated heterocycles. The van der Waals surface area contributed by atoms with Crippen LogP contribution in [-0.2, 0) is 16.6 Å². The summed E-state index contributed by atoms with van der Waals surface area (Å²) in [4.78, 5) is 40.5. The first kappa shape index (κ1) is 24.2. The van der Waals surface area contributed by atoms with Crippen LogP contribution in [0.3, 0.4) is 0 Å². The van der Waals surface area contributed by atoms with Crippen LogP contribution in [0.2, 0.25) is 0 Å². The topological polar surface area (TPSA) is 72.3 Å². The van der Waals surface area contributed by atoms with Crippen LogP contribution < -0.4 is 0 Å². The molecule has 0 spiro atoms. The van der Waals surface area contributed by atoms with Crippen molar-refractivity contribution in [1.29, 1.82) is 0 Å². The van der Waals surface area contributed by atoms with Gasteiger partial charge >= 0.3 is 0 Å². The minimum atomic E-state index is -2.81. The van der Waals surface area contributed by atoms with E-state index >= 15 is 0 Å². The molecule has 1 aromatic carbocycles. The second-order valence-electron chi connectivity index (χ2n) is 9.89. The van der Waals surface area contributed by atoms with E-state index in [0.717, 1.165) is 22.3 Å². The van der Waals surface area contributed by atoms with E-state index in [-0.39, 0.29) is 35.4 Å². The number of aromatic nitrogens is 2. The van der Waals surface area contributed by atoms with Gasteiger partial charge in [-0.05, 0) is 62.6 Å². The molecule has 2 heterocycles. The summed E-state index contributed by atoms with van der Waals surface area (Å²) in [5.41, 5.74) is 3.39. The third-order valence-corrected chi connectivity index (χ3v) is 7.30. The number of Topliss-reactive ketones (excluding diaryl/α,β-unsaturated/α-hetero) is 2. The third-order valence-electron chi connectivity index (χ3n) is 7.30. The van der Waals surface area contributed by atoms with Crippen LogP contribution >= 0.6 is 0 Å². The Hall–Kier alpha value is -2.90. The summed E-state index contributed by atoms with van der Waals surface area (Å²) in [7, 11) is 1.52. The van der Waals surface area contributed by atoms with Crippen molar-refractivity contribution in [1.82, 2.24) is 14.7 Å². The molecule has 4 rings (SSSR count). The number of hydrogen-bond donors (Lipinski definition) is 0. The van der Waals surface area contributed by atoms with Crippen molar-refractivity contribution in [3.8, 4) is 0 Å². The molecular formula is C26H31F2N3O3. The van der Waals surface area contributed by atoms with Crippen LogP contribution in [-0.4, -0.2) is 45.2 Å². The highest BCUT2D eigenvalue weighted by Gasteiger charge is 2.44. The first-order valence-corrected chi connectivity index (χ1v) is 11.8. The number of hydrogen-bond acceptors (Lipinski definition) is 4.